The summed E-state index contributed by atoms with van der Waals surface area (Å²) in [5.41, 5.74) is 10.3. The van der Waals surface area contributed by atoms with E-state index in [0.717, 1.165) is 17.7 Å². The molecule has 0 radical (unpaired) electrons. The van der Waals surface area contributed by atoms with E-state index >= 15 is 0 Å². The minimum atomic E-state index is -0.299. The SMILES string of the molecule is CC(=O)Nc1ccc(N)c(C(=O)NCCCCNC(=O)c2ccc3c(c2)Sc2ccccc2C3)c1. The van der Waals surface area contributed by atoms with E-state index in [9.17, 15) is 14.4 Å². The molecular formula is C27H28N4O3S. The van der Waals surface area contributed by atoms with Gasteiger partial charge in [-0.2, -0.15) is 0 Å². The molecular weight excluding hydrogens is 460 g/mol. The molecule has 0 saturated heterocycles. The highest BCUT2D eigenvalue weighted by molar-refractivity contribution is 7.99. The first kappa shape index (κ1) is 24.3. The number of nitrogens with two attached hydrogens (primary N) is 1. The van der Waals surface area contributed by atoms with Crippen LogP contribution >= 0.6 is 11.8 Å². The van der Waals surface area contributed by atoms with Crippen molar-refractivity contribution in [3.8, 4) is 0 Å². The van der Waals surface area contributed by atoms with Crippen LogP contribution in [0.3, 0.4) is 0 Å². The van der Waals surface area contributed by atoms with E-state index in [1.165, 1.54) is 22.9 Å². The zero-order chi connectivity index (χ0) is 24.8. The number of hydrogen-bond donors (Lipinski definition) is 4. The van der Waals surface area contributed by atoms with Gasteiger partial charge < -0.3 is 21.7 Å². The van der Waals surface area contributed by atoms with Gasteiger partial charge >= 0.3 is 0 Å². The van der Waals surface area contributed by atoms with Gasteiger partial charge in [0, 0.05) is 46.7 Å². The third kappa shape index (κ3) is 6.22. The van der Waals surface area contributed by atoms with Gasteiger partial charge in [-0.25, -0.2) is 0 Å². The van der Waals surface area contributed by atoms with Crippen LogP contribution in [0.1, 0.15) is 51.6 Å². The Labute approximate surface area is 208 Å². The van der Waals surface area contributed by atoms with E-state index in [1.807, 2.05) is 24.3 Å². The highest BCUT2D eigenvalue weighted by atomic mass is 32.2. The van der Waals surface area contributed by atoms with Crippen LogP contribution in [0.5, 0.6) is 0 Å². The topological polar surface area (TPSA) is 113 Å². The summed E-state index contributed by atoms with van der Waals surface area (Å²) in [6.45, 7) is 2.37. The minimum Gasteiger partial charge on any atom is -0.398 e. The molecule has 0 bridgehead atoms. The van der Waals surface area contributed by atoms with Gasteiger partial charge in [0.1, 0.15) is 0 Å². The summed E-state index contributed by atoms with van der Waals surface area (Å²) in [6.07, 6.45) is 2.31. The average Bonchev–Trinajstić information content (AvgIpc) is 2.85. The Balaban J connectivity index is 1.21. The standard InChI is InChI=1S/C27H28N4O3S/c1-17(32)31-21-10-11-23(28)22(16-21)27(34)30-13-5-4-12-29-26(33)20-9-8-19-14-18-6-2-3-7-24(18)35-25(19)15-20/h2-3,6-11,15-16H,4-5,12-14,28H2,1H3,(H,29,33)(H,30,34)(H,31,32). The predicted molar refractivity (Wildman–Crippen MR) is 139 cm³/mol. The molecule has 4 rings (SSSR count). The Hall–Kier alpha value is -3.78. The van der Waals surface area contributed by atoms with Crippen molar-refractivity contribution in [1.29, 1.82) is 0 Å². The fraction of sp³-hybridized carbons (Fsp3) is 0.222. The molecule has 180 valence electrons. The second-order valence-electron chi connectivity index (χ2n) is 8.41. The van der Waals surface area contributed by atoms with Crippen molar-refractivity contribution in [3.63, 3.8) is 0 Å². The molecule has 3 aromatic carbocycles. The van der Waals surface area contributed by atoms with Gasteiger partial charge in [-0.05, 0) is 66.8 Å². The number of unbranched alkanes of at least 4 members (excludes halogenated alkanes) is 1. The molecule has 3 aromatic rings. The van der Waals surface area contributed by atoms with Gasteiger partial charge in [-0.3, -0.25) is 14.4 Å². The Morgan fingerprint density at radius 2 is 1.57 bits per heavy atom. The number of benzene rings is 3. The molecule has 1 aliphatic rings. The van der Waals surface area contributed by atoms with Gasteiger partial charge in [0.05, 0.1) is 5.56 Å². The zero-order valence-corrected chi connectivity index (χ0v) is 20.3. The van der Waals surface area contributed by atoms with Gasteiger partial charge in [-0.15, -0.1) is 0 Å². The molecule has 0 aromatic heterocycles. The molecule has 0 spiro atoms. The zero-order valence-electron chi connectivity index (χ0n) is 19.5. The van der Waals surface area contributed by atoms with Crippen molar-refractivity contribution in [3.05, 3.63) is 82.9 Å². The molecule has 0 aliphatic carbocycles. The van der Waals surface area contributed by atoms with Crippen molar-refractivity contribution in [2.24, 2.45) is 0 Å². The largest absolute Gasteiger partial charge is 0.398 e. The maximum atomic E-state index is 12.6. The van der Waals surface area contributed by atoms with Crippen molar-refractivity contribution >= 4 is 40.9 Å². The molecule has 1 aliphatic heterocycles. The van der Waals surface area contributed by atoms with Gasteiger partial charge in [-0.1, -0.05) is 36.0 Å². The lowest BCUT2D eigenvalue weighted by Crippen LogP contribution is -2.28. The number of carbonyl (C=O) groups excluding carboxylic acids is 3. The summed E-state index contributed by atoms with van der Waals surface area (Å²) < 4.78 is 0. The summed E-state index contributed by atoms with van der Waals surface area (Å²) in [5.74, 6) is -0.617. The second kappa shape index (κ2) is 11.1. The number of carbonyl (C=O) groups is 3. The molecule has 8 heteroatoms. The number of amides is 3. The van der Waals surface area contributed by atoms with Crippen LogP contribution in [0.2, 0.25) is 0 Å². The van der Waals surface area contributed by atoms with Gasteiger partial charge in [0.15, 0.2) is 0 Å². The summed E-state index contributed by atoms with van der Waals surface area (Å²) in [4.78, 5) is 38.7. The third-order valence-electron chi connectivity index (χ3n) is 5.70. The van der Waals surface area contributed by atoms with Crippen molar-refractivity contribution in [2.75, 3.05) is 24.1 Å². The Kier molecular flexibility index (Phi) is 7.72. The van der Waals surface area contributed by atoms with Crippen LogP contribution in [0.25, 0.3) is 0 Å². The number of anilines is 2. The summed E-state index contributed by atoms with van der Waals surface area (Å²) in [7, 11) is 0. The van der Waals surface area contributed by atoms with E-state index in [4.69, 9.17) is 5.73 Å². The smallest absolute Gasteiger partial charge is 0.253 e. The van der Waals surface area contributed by atoms with E-state index in [-0.39, 0.29) is 17.7 Å². The predicted octanol–water partition coefficient (Wildman–Crippen LogP) is 4.22. The van der Waals surface area contributed by atoms with Crippen LogP contribution < -0.4 is 21.7 Å². The molecule has 1 heterocycles. The average molecular weight is 489 g/mol. The number of nitrogens with one attached hydrogen (secondary N) is 3. The molecule has 0 atom stereocenters. The van der Waals surface area contributed by atoms with E-state index in [1.54, 1.807) is 30.0 Å². The Morgan fingerprint density at radius 1 is 0.857 bits per heavy atom. The lowest BCUT2D eigenvalue weighted by molar-refractivity contribution is -0.114. The van der Waals surface area contributed by atoms with Crippen molar-refractivity contribution in [1.82, 2.24) is 10.6 Å². The quantitative estimate of drug-likeness (QED) is 0.219. The maximum Gasteiger partial charge on any atom is 0.253 e. The Morgan fingerprint density at radius 3 is 2.34 bits per heavy atom. The maximum absolute atomic E-state index is 12.6. The molecule has 0 unspecified atom stereocenters. The van der Waals surface area contributed by atoms with E-state index in [0.29, 0.717) is 42.0 Å². The van der Waals surface area contributed by atoms with E-state index < -0.39 is 0 Å². The Bertz CT molecular complexity index is 1280. The first-order valence-electron chi connectivity index (χ1n) is 11.5. The normalized spacial score (nSPS) is 11.7. The fourth-order valence-electron chi connectivity index (χ4n) is 3.89. The van der Waals surface area contributed by atoms with Crippen LogP contribution in [-0.2, 0) is 11.2 Å². The number of rotatable bonds is 8. The first-order valence-corrected chi connectivity index (χ1v) is 12.3. The highest BCUT2D eigenvalue weighted by Crippen LogP contribution is 2.39. The van der Waals surface area contributed by atoms with E-state index in [2.05, 4.69) is 34.1 Å². The highest BCUT2D eigenvalue weighted by Gasteiger charge is 2.17. The minimum absolute atomic E-state index is 0.0983. The monoisotopic (exact) mass is 488 g/mol. The van der Waals surface area contributed by atoms with Gasteiger partial charge in [0.2, 0.25) is 5.91 Å². The lowest BCUT2D eigenvalue weighted by atomic mass is 10.0. The van der Waals surface area contributed by atoms with Crippen LogP contribution in [0.15, 0.2) is 70.5 Å². The summed E-state index contributed by atoms with van der Waals surface area (Å²) in [5, 5.41) is 8.43. The molecule has 0 saturated carbocycles. The molecule has 7 nitrogen and oxygen atoms in total. The number of nitrogen functional groups attached to an aromatic ring is 1. The molecule has 35 heavy (non-hydrogen) atoms. The summed E-state index contributed by atoms with van der Waals surface area (Å²) in [6, 6.07) is 19.0. The molecule has 0 fully saturated rings. The van der Waals surface area contributed by atoms with Crippen LogP contribution in [-0.4, -0.2) is 30.8 Å². The lowest BCUT2D eigenvalue weighted by Gasteiger charge is -2.19. The number of fused-ring (bicyclic) bond motifs is 2. The first-order chi connectivity index (χ1) is 16.9. The third-order valence-corrected chi connectivity index (χ3v) is 6.91. The fourth-order valence-corrected chi connectivity index (χ4v) is 5.01. The number of hydrogen-bond acceptors (Lipinski definition) is 5. The second-order valence-corrected chi connectivity index (χ2v) is 9.49. The van der Waals surface area contributed by atoms with Crippen molar-refractivity contribution in [2.45, 2.75) is 36.0 Å². The van der Waals surface area contributed by atoms with Crippen LogP contribution in [0.4, 0.5) is 11.4 Å². The molecule has 5 N–H and O–H groups in total. The van der Waals surface area contributed by atoms with Crippen molar-refractivity contribution < 1.29 is 14.4 Å². The van der Waals surface area contributed by atoms with Crippen LogP contribution in [0, 0.1) is 0 Å². The van der Waals surface area contributed by atoms with Gasteiger partial charge in [0.25, 0.3) is 11.8 Å². The summed E-state index contributed by atoms with van der Waals surface area (Å²) >= 11 is 1.70. The molecule has 3 amide bonds.